The van der Waals surface area contributed by atoms with E-state index < -0.39 is 24.7 Å². The Morgan fingerprint density at radius 2 is 2.05 bits per heavy atom. The van der Waals surface area contributed by atoms with Gasteiger partial charge in [0.2, 0.25) is 0 Å². The van der Waals surface area contributed by atoms with E-state index in [0.29, 0.717) is 5.69 Å². The number of carbonyl (C=O) groups excluding carboxylic acids is 1. The number of nitrogens with one attached hydrogen (secondary N) is 1. The zero-order valence-corrected chi connectivity index (χ0v) is 11.6. The zero-order chi connectivity index (χ0) is 15.3. The molecule has 0 spiro atoms. The third kappa shape index (κ3) is 5.73. The van der Waals surface area contributed by atoms with Crippen molar-refractivity contribution in [3.05, 3.63) is 18.2 Å². The number of carbonyl (C=O) groups is 1. The standard InChI is InChI=1S/C13H18F2N2O3/c1-13(2,3)20-12(18)17-8-4-5-9(16)10(6-8)19-7-11(14)15/h4-6,11H,7,16H2,1-3H3,(H,17,18). The summed E-state index contributed by atoms with van der Waals surface area (Å²) in [5, 5.41) is 2.47. The number of nitrogens with two attached hydrogens (primary N) is 1. The molecular formula is C13H18F2N2O3. The largest absolute Gasteiger partial charge is 0.485 e. The Morgan fingerprint density at radius 1 is 1.40 bits per heavy atom. The molecule has 0 heterocycles. The van der Waals surface area contributed by atoms with Crippen molar-refractivity contribution in [1.82, 2.24) is 0 Å². The summed E-state index contributed by atoms with van der Waals surface area (Å²) in [6, 6.07) is 4.34. The molecule has 5 nitrogen and oxygen atoms in total. The molecule has 0 saturated heterocycles. The molecular weight excluding hydrogens is 270 g/mol. The van der Waals surface area contributed by atoms with Crippen LogP contribution in [0.25, 0.3) is 0 Å². The maximum absolute atomic E-state index is 12.1. The summed E-state index contributed by atoms with van der Waals surface area (Å²) in [5.74, 6) is 0.0823. The summed E-state index contributed by atoms with van der Waals surface area (Å²) in [6.45, 7) is 4.42. The first-order valence-electron chi connectivity index (χ1n) is 5.98. The average molecular weight is 288 g/mol. The molecule has 0 bridgehead atoms. The minimum absolute atomic E-state index is 0.0823. The summed E-state index contributed by atoms with van der Waals surface area (Å²) in [6.07, 6.45) is -3.25. The fourth-order valence-electron chi connectivity index (χ4n) is 1.31. The van der Waals surface area contributed by atoms with Gasteiger partial charge in [-0.2, -0.15) is 0 Å². The second-order valence-corrected chi connectivity index (χ2v) is 5.08. The molecule has 0 aliphatic rings. The van der Waals surface area contributed by atoms with Gasteiger partial charge in [0.1, 0.15) is 18.0 Å². The zero-order valence-electron chi connectivity index (χ0n) is 11.6. The lowest BCUT2D eigenvalue weighted by Gasteiger charge is -2.20. The van der Waals surface area contributed by atoms with Crippen LogP contribution in [0.1, 0.15) is 20.8 Å². The molecule has 0 radical (unpaired) electrons. The third-order valence-electron chi connectivity index (χ3n) is 2.02. The van der Waals surface area contributed by atoms with E-state index in [1.807, 2.05) is 0 Å². The van der Waals surface area contributed by atoms with Gasteiger partial charge in [-0.15, -0.1) is 0 Å². The van der Waals surface area contributed by atoms with Crippen LogP contribution in [0.4, 0.5) is 25.0 Å². The van der Waals surface area contributed by atoms with Crippen LogP contribution in [0.15, 0.2) is 18.2 Å². The Morgan fingerprint density at radius 3 is 2.60 bits per heavy atom. The van der Waals surface area contributed by atoms with Crippen molar-refractivity contribution in [2.75, 3.05) is 17.7 Å². The molecule has 0 saturated carbocycles. The van der Waals surface area contributed by atoms with Crippen molar-refractivity contribution >= 4 is 17.5 Å². The number of ether oxygens (including phenoxy) is 2. The SMILES string of the molecule is CC(C)(C)OC(=O)Nc1ccc(N)c(OCC(F)F)c1. The molecule has 0 unspecified atom stereocenters. The second-order valence-electron chi connectivity index (χ2n) is 5.08. The Hall–Kier alpha value is -2.05. The highest BCUT2D eigenvalue weighted by molar-refractivity contribution is 5.85. The predicted molar refractivity (Wildman–Crippen MR) is 72.2 cm³/mol. The molecule has 112 valence electrons. The van der Waals surface area contributed by atoms with Gasteiger partial charge in [-0.25, -0.2) is 13.6 Å². The van der Waals surface area contributed by atoms with Crippen LogP contribution in [0.2, 0.25) is 0 Å². The van der Waals surface area contributed by atoms with E-state index in [-0.39, 0.29) is 11.4 Å². The Balaban J connectivity index is 2.72. The van der Waals surface area contributed by atoms with Gasteiger partial charge < -0.3 is 15.2 Å². The number of benzene rings is 1. The van der Waals surface area contributed by atoms with Gasteiger partial charge in [-0.1, -0.05) is 0 Å². The van der Waals surface area contributed by atoms with E-state index in [0.717, 1.165) is 0 Å². The maximum Gasteiger partial charge on any atom is 0.412 e. The van der Waals surface area contributed by atoms with Crippen molar-refractivity contribution in [1.29, 1.82) is 0 Å². The molecule has 7 heteroatoms. The molecule has 1 rings (SSSR count). The normalized spacial score (nSPS) is 11.3. The lowest BCUT2D eigenvalue weighted by atomic mass is 10.2. The lowest BCUT2D eigenvalue weighted by Crippen LogP contribution is -2.27. The topological polar surface area (TPSA) is 73.6 Å². The first-order valence-corrected chi connectivity index (χ1v) is 5.98. The summed E-state index contributed by atoms with van der Waals surface area (Å²) in [7, 11) is 0. The molecule has 0 aliphatic heterocycles. The highest BCUT2D eigenvalue weighted by atomic mass is 19.3. The van der Waals surface area contributed by atoms with E-state index in [2.05, 4.69) is 5.32 Å². The van der Waals surface area contributed by atoms with Gasteiger partial charge in [-0.3, -0.25) is 5.32 Å². The minimum atomic E-state index is -2.60. The monoisotopic (exact) mass is 288 g/mol. The average Bonchev–Trinajstić information content (AvgIpc) is 2.27. The van der Waals surface area contributed by atoms with Gasteiger partial charge >= 0.3 is 6.09 Å². The molecule has 1 aromatic rings. The molecule has 0 aromatic heterocycles. The number of anilines is 2. The van der Waals surface area contributed by atoms with Crippen LogP contribution in [0, 0.1) is 0 Å². The first-order chi connectivity index (χ1) is 9.17. The van der Waals surface area contributed by atoms with Crippen molar-refractivity contribution in [3.63, 3.8) is 0 Å². The Labute approximate surface area is 116 Å². The van der Waals surface area contributed by atoms with Gasteiger partial charge in [0, 0.05) is 11.8 Å². The molecule has 3 N–H and O–H groups in total. The third-order valence-corrected chi connectivity index (χ3v) is 2.02. The quantitative estimate of drug-likeness (QED) is 0.834. The number of hydrogen-bond acceptors (Lipinski definition) is 4. The number of amides is 1. The number of hydrogen-bond donors (Lipinski definition) is 2. The van der Waals surface area contributed by atoms with Gasteiger partial charge in [0.25, 0.3) is 6.43 Å². The van der Waals surface area contributed by atoms with Gasteiger partial charge in [0.05, 0.1) is 5.69 Å². The first kappa shape index (κ1) is 16.0. The van der Waals surface area contributed by atoms with E-state index in [9.17, 15) is 13.6 Å². The van der Waals surface area contributed by atoms with Crippen LogP contribution in [0.3, 0.4) is 0 Å². The number of alkyl halides is 2. The minimum Gasteiger partial charge on any atom is -0.485 e. The van der Waals surface area contributed by atoms with Crippen molar-refractivity contribution in [2.45, 2.75) is 32.8 Å². The smallest absolute Gasteiger partial charge is 0.412 e. The van der Waals surface area contributed by atoms with E-state index in [4.69, 9.17) is 15.2 Å². The van der Waals surface area contributed by atoms with E-state index in [1.54, 1.807) is 20.8 Å². The summed E-state index contributed by atoms with van der Waals surface area (Å²) < 4.78 is 34.1. The molecule has 1 amide bonds. The van der Waals surface area contributed by atoms with Crippen LogP contribution in [0.5, 0.6) is 5.75 Å². The molecule has 0 fully saturated rings. The van der Waals surface area contributed by atoms with Gasteiger partial charge in [0.15, 0.2) is 0 Å². The maximum atomic E-state index is 12.1. The van der Waals surface area contributed by atoms with E-state index in [1.165, 1.54) is 18.2 Å². The highest BCUT2D eigenvalue weighted by Gasteiger charge is 2.16. The van der Waals surface area contributed by atoms with Crippen molar-refractivity contribution < 1.29 is 23.0 Å². The summed E-state index contributed by atoms with van der Waals surface area (Å²) in [4.78, 5) is 11.6. The number of halogens is 2. The highest BCUT2D eigenvalue weighted by Crippen LogP contribution is 2.26. The van der Waals surface area contributed by atoms with Crippen LogP contribution in [-0.2, 0) is 4.74 Å². The molecule has 1 aromatic carbocycles. The Kier molecular flexibility index (Phi) is 5.12. The van der Waals surface area contributed by atoms with Crippen LogP contribution >= 0.6 is 0 Å². The molecule has 20 heavy (non-hydrogen) atoms. The molecule has 0 atom stereocenters. The number of rotatable bonds is 4. The van der Waals surface area contributed by atoms with Crippen LogP contribution < -0.4 is 15.8 Å². The fraction of sp³-hybridized carbons (Fsp3) is 0.462. The second kappa shape index (κ2) is 6.40. The predicted octanol–water partition coefficient (Wildman–Crippen LogP) is 3.26. The lowest BCUT2D eigenvalue weighted by molar-refractivity contribution is 0.0635. The van der Waals surface area contributed by atoms with Crippen LogP contribution in [-0.4, -0.2) is 24.7 Å². The fourth-order valence-corrected chi connectivity index (χ4v) is 1.31. The van der Waals surface area contributed by atoms with E-state index >= 15 is 0 Å². The van der Waals surface area contributed by atoms with Crippen molar-refractivity contribution in [2.24, 2.45) is 0 Å². The summed E-state index contributed by atoms with van der Waals surface area (Å²) in [5.41, 5.74) is 5.52. The van der Waals surface area contributed by atoms with Gasteiger partial charge in [-0.05, 0) is 32.9 Å². The summed E-state index contributed by atoms with van der Waals surface area (Å²) >= 11 is 0. The number of nitrogen functional groups attached to an aromatic ring is 1. The van der Waals surface area contributed by atoms with Crippen molar-refractivity contribution in [3.8, 4) is 5.75 Å². The Bertz CT molecular complexity index is 473. The molecule has 0 aliphatic carbocycles.